The van der Waals surface area contributed by atoms with Gasteiger partial charge in [-0.25, -0.2) is 4.99 Å². The van der Waals surface area contributed by atoms with E-state index in [1.165, 1.54) is 0 Å². The predicted molar refractivity (Wildman–Crippen MR) is 142 cm³/mol. The number of nitrogens with one attached hydrogen (secondary N) is 3. The highest BCUT2D eigenvalue weighted by Gasteiger charge is 2.28. The highest BCUT2D eigenvalue weighted by molar-refractivity contribution is 6.14. The molecule has 0 bridgehead atoms. The number of carbonyl (C=O) groups excluding carboxylic acids is 1. The molecular weight excluding hydrogens is 440 g/mol. The first-order chi connectivity index (χ1) is 17.1. The van der Waals surface area contributed by atoms with Crippen molar-refractivity contribution in [3.63, 3.8) is 0 Å². The Labute approximate surface area is 204 Å². The Morgan fingerprint density at radius 2 is 2.11 bits per heavy atom. The van der Waals surface area contributed by atoms with Crippen molar-refractivity contribution < 1.29 is 4.79 Å². The first kappa shape index (κ1) is 22.7. The molecular formula is C26H30N8O. The van der Waals surface area contributed by atoms with Crippen LogP contribution in [0.3, 0.4) is 0 Å². The molecule has 1 amide bonds. The number of imidazole rings is 1. The summed E-state index contributed by atoms with van der Waals surface area (Å²) in [6.45, 7) is 3.95. The minimum Gasteiger partial charge on any atom is -0.371 e. The highest BCUT2D eigenvalue weighted by Crippen LogP contribution is 2.35. The number of amidine groups is 1. The van der Waals surface area contributed by atoms with Crippen LogP contribution in [0.4, 0.5) is 23.1 Å². The maximum absolute atomic E-state index is 13.5. The maximum atomic E-state index is 13.5. The fourth-order valence-electron chi connectivity index (χ4n) is 4.77. The molecule has 2 aromatic carbocycles. The van der Waals surface area contributed by atoms with Gasteiger partial charge in [-0.1, -0.05) is 30.2 Å². The smallest absolute Gasteiger partial charge is 0.272 e. The van der Waals surface area contributed by atoms with Crippen LogP contribution < -0.4 is 26.6 Å². The van der Waals surface area contributed by atoms with Gasteiger partial charge >= 0.3 is 0 Å². The van der Waals surface area contributed by atoms with Crippen molar-refractivity contribution in [2.24, 2.45) is 10.7 Å². The molecule has 0 saturated carbocycles. The second-order valence-electron chi connectivity index (χ2n) is 8.77. The summed E-state index contributed by atoms with van der Waals surface area (Å²) in [6.07, 6.45) is 1.98. The predicted octanol–water partition coefficient (Wildman–Crippen LogP) is 2.91. The minimum atomic E-state index is -0.242. The Kier molecular flexibility index (Phi) is 6.29. The molecule has 0 spiro atoms. The number of benzene rings is 2. The first-order valence-corrected chi connectivity index (χ1v) is 11.9. The number of aromatic nitrogens is 2. The number of carbonyl (C=O) groups is 1. The van der Waals surface area contributed by atoms with Crippen LogP contribution in [0.2, 0.25) is 0 Å². The van der Waals surface area contributed by atoms with E-state index in [0.717, 1.165) is 41.5 Å². The van der Waals surface area contributed by atoms with Crippen molar-refractivity contribution in [1.82, 2.24) is 14.9 Å². The van der Waals surface area contributed by atoms with Crippen LogP contribution in [-0.4, -0.2) is 54.0 Å². The monoisotopic (exact) mass is 470 g/mol. The summed E-state index contributed by atoms with van der Waals surface area (Å²) >= 11 is 0. The number of hydrogen-bond donors (Lipinski definition) is 4. The molecule has 3 aromatic rings. The van der Waals surface area contributed by atoms with Crippen LogP contribution in [0, 0.1) is 11.8 Å². The highest BCUT2D eigenvalue weighted by atomic mass is 16.2. The van der Waals surface area contributed by atoms with Crippen molar-refractivity contribution >= 4 is 45.7 Å². The number of hydrogen-bond acceptors (Lipinski definition) is 7. The number of aliphatic imine (C=N–C) groups is 1. The maximum Gasteiger partial charge on any atom is 0.272 e. The summed E-state index contributed by atoms with van der Waals surface area (Å²) in [5, 5.41) is 11.7. The number of anilines is 3. The molecule has 2 aliphatic heterocycles. The van der Waals surface area contributed by atoms with Gasteiger partial charge < -0.3 is 26.6 Å². The number of rotatable bonds is 6. The molecule has 35 heavy (non-hydrogen) atoms. The third kappa shape index (κ3) is 4.40. The van der Waals surface area contributed by atoms with E-state index < -0.39 is 0 Å². The molecule has 0 aliphatic carbocycles. The zero-order chi connectivity index (χ0) is 24.4. The Hall–Kier alpha value is -4.03. The van der Waals surface area contributed by atoms with Gasteiger partial charge in [0.25, 0.3) is 5.91 Å². The standard InChI is InChI=1S/C26H30N8O/c1-3-4-14-34-23(24(28-2)32-26(34)33-13-7-10-18(27)16-33)25(35)29-15-21-30-19-11-5-8-17-9-6-12-20(31-21)22(17)19/h5-6,8-9,11-12,18,28H,7,10,13-16,27H2,1-2H3,(H,29,35)(H,30,31)/t18-/m1/s1. The quantitative estimate of drug-likeness (QED) is 0.412. The average Bonchev–Trinajstić information content (AvgIpc) is 3.25. The van der Waals surface area contributed by atoms with Crippen LogP contribution in [-0.2, 0) is 6.54 Å². The van der Waals surface area contributed by atoms with E-state index in [-0.39, 0.29) is 18.5 Å². The molecule has 5 N–H and O–H groups in total. The molecule has 0 unspecified atom stereocenters. The zero-order valence-electron chi connectivity index (χ0n) is 20.1. The summed E-state index contributed by atoms with van der Waals surface area (Å²) in [5.74, 6) is 7.68. The summed E-state index contributed by atoms with van der Waals surface area (Å²) in [4.78, 5) is 25.1. The molecule has 1 saturated heterocycles. The number of piperidine rings is 1. The van der Waals surface area contributed by atoms with E-state index in [1.807, 2.05) is 28.8 Å². The fourth-order valence-corrected chi connectivity index (χ4v) is 4.77. The fraction of sp³-hybridized carbons (Fsp3) is 0.346. The zero-order valence-corrected chi connectivity index (χ0v) is 20.1. The van der Waals surface area contributed by atoms with Gasteiger partial charge in [-0.3, -0.25) is 9.36 Å². The van der Waals surface area contributed by atoms with Gasteiger partial charge in [-0.2, -0.15) is 4.98 Å². The number of amides is 1. The minimum absolute atomic E-state index is 0.0872. The van der Waals surface area contributed by atoms with E-state index in [2.05, 4.69) is 44.8 Å². The van der Waals surface area contributed by atoms with Gasteiger partial charge in [0.05, 0.1) is 18.8 Å². The van der Waals surface area contributed by atoms with Gasteiger partial charge in [0.15, 0.2) is 11.5 Å². The van der Waals surface area contributed by atoms with E-state index in [9.17, 15) is 4.79 Å². The van der Waals surface area contributed by atoms with Crippen molar-refractivity contribution in [2.75, 3.05) is 42.2 Å². The summed E-state index contributed by atoms with van der Waals surface area (Å²) in [6, 6.07) is 12.2. The molecule has 9 nitrogen and oxygen atoms in total. The van der Waals surface area contributed by atoms with Crippen LogP contribution >= 0.6 is 0 Å². The van der Waals surface area contributed by atoms with Gasteiger partial charge in [0, 0.05) is 37.3 Å². The second-order valence-corrected chi connectivity index (χ2v) is 8.77. The average molecular weight is 471 g/mol. The molecule has 0 radical (unpaired) electrons. The van der Waals surface area contributed by atoms with E-state index in [4.69, 9.17) is 15.7 Å². The third-order valence-electron chi connectivity index (χ3n) is 6.39. The molecule has 5 rings (SSSR count). The van der Waals surface area contributed by atoms with Gasteiger partial charge in [-0.05, 0) is 37.3 Å². The lowest BCUT2D eigenvalue weighted by molar-refractivity contribution is 0.0951. The lowest BCUT2D eigenvalue weighted by atomic mass is 10.1. The summed E-state index contributed by atoms with van der Waals surface area (Å²) in [5.41, 5.74) is 8.55. The SMILES string of the molecule is CC#CCn1c(N2CCC[C@@H](N)C2)nc(NC)c1C(=O)NCC1=Nc2cccc3cccc(c23)N1. The van der Waals surface area contributed by atoms with E-state index in [1.54, 1.807) is 14.0 Å². The van der Waals surface area contributed by atoms with Gasteiger partial charge in [0.2, 0.25) is 5.95 Å². The normalized spacial score (nSPS) is 16.7. The summed E-state index contributed by atoms with van der Waals surface area (Å²) in [7, 11) is 1.77. The number of nitrogens with two attached hydrogens (primary N) is 1. The van der Waals surface area contributed by atoms with Crippen LogP contribution in [0.5, 0.6) is 0 Å². The molecule has 1 aromatic heterocycles. The molecule has 1 fully saturated rings. The van der Waals surface area contributed by atoms with Gasteiger partial charge in [-0.15, -0.1) is 5.92 Å². The Morgan fingerprint density at radius 1 is 1.29 bits per heavy atom. The molecule has 180 valence electrons. The molecule has 9 heteroatoms. The topological polar surface area (TPSA) is 113 Å². The second kappa shape index (κ2) is 9.68. The Bertz CT molecular complexity index is 1360. The van der Waals surface area contributed by atoms with Crippen LogP contribution in [0.25, 0.3) is 10.8 Å². The molecule has 2 aliphatic rings. The largest absolute Gasteiger partial charge is 0.371 e. The van der Waals surface area contributed by atoms with Crippen LogP contribution in [0.1, 0.15) is 30.3 Å². The number of nitrogens with zero attached hydrogens (tertiary/aromatic N) is 4. The van der Waals surface area contributed by atoms with Crippen molar-refractivity contribution in [3.05, 3.63) is 42.1 Å². The Morgan fingerprint density at radius 3 is 2.89 bits per heavy atom. The van der Waals surface area contributed by atoms with Crippen LogP contribution in [0.15, 0.2) is 41.4 Å². The first-order valence-electron chi connectivity index (χ1n) is 11.9. The lowest BCUT2D eigenvalue weighted by Crippen LogP contribution is -2.44. The van der Waals surface area contributed by atoms with Gasteiger partial charge in [0.1, 0.15) is 5.84 Å². The van der Waals surface area contributed by atoms with E-state index >= 15 is 0 Å². The molecule has 1 atom stereocenters. The molecule has 3 heterocycles. The third-order valence-corrected chi connectivity index (χ3v) is 6.39. The van der Waals surface area contributed by atoms with Crippen molar-refractivity contribution in [1.29, 1.82) is 0 Å². The Balaban J connectivity index is 1.41. The van der Waals surface area contributed by atoms with Crippen molar-refractivity contribution in [2.45, 2.75) is 32.4 Å². The van der Waals surface area contributed by atoms with E-state index in [0.29, 0.717) is 36.4 Å². The van der Waals surface area contributed by atoms with Crippen molar-refractivity contribution in [3.8, 4) is 11.8 Å². The lowest BCUT2D eigenvalue weighted by Gasteiger charge is -2.31. The summed E-state index contributed by atoms with van der Waals surface area (Å²) < 4.78 is 1.88.